The first kappa shape index (κ1) is 16.8. The zero-order chi connectivity index (χ0) is 18.3. The molecule has 4 aliphatic rings. The Morgan fingerprint density at radius 1 is 1.12 bits per heavy atom. The van der Waals surface area contributed by atoms with Crippen LogP contribution in [-0.2, 0) is 9.59 Å². The summed E-state index contributed by atoms with van der Waals surface area (Å²) in [5, 5.41) is 0. The van der Waals surface area contributed by atoms with Crippen molar-refractivity contribution in [3.8, 4) is 0 Å². The first-order chi connectivity index (χ1) is 11.6. The third-order valence-corrected chi connectivity index (χ3v) is 7.91. The summed E-state index contributed by atoms with van der Waals surface area (Å²) in [6.07, 6.45) is 4.37. The van der Waals surface area contributed by atoms with Gasteiger partial charge in [-0.1, -0.05) is 6.92 Å². The molecular formula is C19H28N4O2. The summed E-state index contributed by atoms with van der Waals surface area (Å²) in [6.45, 7) is 4.15. The van der Waals surface area contributed by atoms with Gasteiger partial charge in [0.15, 0.2) is 5.78 Å². The molecule has 8 N–H and O–H groups in total. The van der Waals surface area contributed by atoms with Gasteiger partial charge in [-0.2, -0.15) is 0 Å². The third-order valence-electron chi connectivity index (χ3n) is 7.91. The monoisotopic (exact) mass is 344 g/mol. The van der Waals surface area contributed by atoms with Crippen LogP contribution in [-0.4, -0.2) is 23.7 Å². The molecule has 0 heterocycles. The Labute approximate surface area is 148 Å². The minimum Gasteiger partial charge on any atom is -0.401 e. The quantitative estimate of drug-likeness (QED) is 0.499. The van der Waals surface area contributed by atoms with E-state index in [9.17, 15) is 9.59 Å². The van der Waals surface area contributed by atoms with Gasteiger partial charge in [-0.3, -0.25) is 9.59 Å². The molecule has 5 unspecified atom stereocenters. The molecule has 0 spiro atoms. The molecule has 0 radical (unpaired) electrons. The summed E-state index contributed by atoms with van der Waals surface area (Å²) in [5.41, 5.74) is 26.2. The Balaban J connectivity index is 1.83. The van der Waals surface area contributed by atoms with E-state index in [1.54, 1.807) is 0 Å². The maximum Gasteiger partial charge on any atom is 0.203 e. The van der Waals surface area contributed by atoms with E-state index in [0.29, 0.717) is 24.2 Å². The Bertz CT molecular complexity index is 742. The second-order valence-electron chi connectivity index (χ2n) is 8.88. The van der Waals surface area contributed by atoms with Crippen molar-refractivity contribution in [1.82, 2.24) is 0 Å². The predicted octanol–water partition coefficient (Wildman–Crippen LogP) is 0.311. The first-order valence-corrected chi connectivity index (χ1v) is 9.19. The van der Waals surface area contributed by atoms with E-state index in [-0.39, 0.29) is 40.8 Å². The number of carbonyl (C=O) groups is 2. The molecule has 4 rings (SSSR count). The topological polar surface area (TPSA) is 138 Å². The molecule has 0 bridgehead atoms. The van der Waals surface area contributed by atoms with E-state index in [1.807, 2.05) is 0 Å². The van der Waals surface area contributed by atoms with Gasteiger partial charge in [-0.25, -0.2) is 0 Å². The highest BCUT2D eigenvalue weighted by atomic mass is 16.1. The Kier molecular flexibility index (Phi) is 3.32. The van der Waals surface area contributed by atoms with E-state index < -0.39 is 11.5 Å². The van der Waals surface area contributed by atoms with Crippen molar-refractivity contribution in [1.29, 1.82) is 0 Å². The van der Waals surface area contributed by atoms with Crippen molar-refractivity contribution < 1.29 is 9.59 Å². The van der Waals surface area contributed by atoms with Crippen LogP contribution in [0.25, 0.3) is 0 Å². The lowest BCUT2D eigenvalue weighted by atomic mass is 9.46. The fraction of sp³-hybridized carbons (Fsp3) is 0.684. The van der Waals surface area contributed by atoms with Crippen LogP contribution in [0.2, 0.25) is 0 Å². The van der Waals surface area contributed by atoms with Crippen molar-refractivity contribution in [2.75, 3.05) is 0 Å². The standard InChI is InChI=1S/C19H28N4O2/c1-18-4-3-8-15(9(18)5-12(21)17(18)25)11(20)6-10-16(23)13(24)7-14(22)19(8,10)2/h7-9,11-12,15H,3-6,20-23H2,1-2H3/t8?,9?,11?,12?,15?,18-,19+/m0/s1. The number of Topliss-reactive ketones (excluding diaryl/α,β-unsaturated/α-hetero) is 1. The molecule has 3 fully saturated rings. The lowest BCUT2D eigenvalue weighted by Crippen LogP contribution is -2.59. The number of rotatable bonds is 0. The van der Waals surface area contributed by atoms with Gasteiger partial charge < -0.3 is 22.9 Å². The number of hydrogen-bond donors (Lipinski definition) is 4. The van der Waals surface area contributed by atoms with Crippen molar-refractivity contribution in [2.24, 2.45) is 51.5 Å². The maximum absolute atomic E-state index is 12.7. The maximum atomic E-state index is 12.7. The molecule has 0 aromatic heterocycles. The highest BCUT2D eigenvalue weighted by Gasteiger charge is 2.63. The zero-order valence-electron chi connectivity index (χ0n) is 14.9. The average molecular weight is 344 g/mol. The zero-order valence-corrected chi connectivity index (χ0v) is 14.9. The van der Waals surface area contributed by atoms with Crippen molar-refractivity contribution in [3.05, 3.63) is 23.0 Å². The van der Waals surface area contributed by atoms with Gasteiger partial charge in [0.05, 0.1) is 11.7 Å². The van der Waals surface area contributed by atoms with Crippen LogP contribution in [0.4, 0.5) is 0 Å². The normalized spacial score (nSPS) is 49.4. The van der Waals surface area contributed by atoms with Crippen LogP contribution in [0.5, 0.6) is 0 Å². The summed E-state index contributed by atoms with van der Waals surface area (Å²) in [5.74, 6) is 0.489. The minimum atomic E-state index is -0.449. The highest BCUT2D eigenvalue weighted by molar-refractivity contribution is 6.06. The van der Waals surface area contributed by atoms with E-state index >= 15 is 0 Å². The van der Waals surface area contributed by atoms with E-state index in [4.69, 9.17) is 22.9 Å². The average Bonchev–Trinajstić information content (AvgIpc) is 2.79. The van der Waals surface area contributed by atoms with Crippen LogP contribution in [0.15, 0.2) is 23.0 Å². The molecule has 136 valence electrons. The van der Waals surface area contributed by atoms with Crippen LogP contribution in [0.3, 0.4) is 0 Å². The van der Waals surface area contributed by atoms with Crippen LogP contribution < -0.4 is 22.9 Å². The van der Waals surface area contributed by atoms with Gasteiger partial charge in [0.2, 0.25) is 5.78 Å². The van der Waals surface area contributed by atoms with Crippen LogP contribution in [0.1, 0.15) is 39.5 Å². The second-order valence-corrected chi connectivity index (χ2v) is 8.88. The molecule has 7 atom stereocenters. The fourth-order valence-corrected chi connectivity index (χ4v) is 6.44. The van der Waals surface area contributed by atoms with Crippen molar-refractivity contribution in [2.45, 2.75) is 51.6 Å². The molecule has 0 amide bonds. The smallest absolute Gasteiger partial charge is 0.203 e. The van der Waals surface area contributed by atoms with Gasteiger partial charge in [0, 0.05) is 28.6 Å². The van der Waals surface area contributed by atoms with E-state index in [0.717, 1.165) is 18.4 Å². The van der Waals surface area contributed by atoms with Gasteiger partial charge in [-0.05, 0) is 55.9 Å². The molecular weight excluding hydrogens is 316 g/mol. The van der Waals surface area contributed by atoms with Gasteiger partial charge >= 0.3 is 0 Å². The molecule has 0 aromatic carbocycles. The van der Waals surface area contributed by atoms with Crippen molar-refractivity contribution in [3.63, 3.8) is 0 Å². The minimum absolute atomic E-state index is 0.131. The Morgan fingerprint density at radius 2 is 1.80 bits per heavy atom. The van der Waals surface area contributed by atoms with Crippen molar-refractivity contribution >= 4 is 11.6 Å². The predicted molar refractivity (Wildman–Crippen MR) is 94.6 cm³/mol. The Hall–Kier alpha value is -1.66. The van der Waals surface area contributed by atoms with Gasteiger partial charge in [0.1, 0.15) is 0 Å². The number of fused-ring (bicyclic) bond motifs is 5. The number of ketones is 2. The molecule has 25 heavy (non-hydrogen) atoms. The lowest BCUT2D eigenvalue weighted by molar-refractivity contribution is -0.132. The lowest BCUT2D eigenvalue weighted by Gasteiger charge is -2.58. The molecule has 6 nitrogen and oxygen atoms in total. The largest absolute Gasteiger partial charge is 0.401 e. The summed E-state index contributed by atoms with van der Waals surface area (Å²) in [6, 6.07) is -0.523. The molecule has 0 aromatic rings. The molecule has 3 saturated carbocycles. The SMILES string of the molecule is C[C@]12C(N)=CC(=O)C(N)=C1CC(N)C1C2CC[C@]2(C)C(=O)C(N)CC12. The number of nitrogens with two attached hydrogens (primary N) is 4. The molecule has 0 saturated heterocycles. The van der Waals surface area contributed by atoms with E-state index in [2.05, 4.69) is 13.8 Å². The number of hydrogen-bond acceptors (Lipinski definition) is 6. The van der Waals surface area contributed by atoms with Crippen LogP contribution >= 0.6 is 0 Å². The molecule has 6 heteroatoms. The summed E-state index contributed by atoms with van der Waals surface area (Å²) >= 11 is 0. The summed E-state index contributed by atoms with van der Waals surface area (Å²) < 4.78 is 0. The first-order valence-electron chi connectivity index (χ1n) is 9.19. The van der Waals surface area contributed by atoms with Gasteiger partial charge in [0.25, 0.3) is 0 Å². The summed E-state index contributed by atoms with van der Waals surface area (Å²) in [7, 11) is 0. The molecule has 4 aliphatic carbocycles. The number of carbonyl (C=O) groups excluding carboxylic acids is 2. The number of allylic oxidation sites excluding steroid dienone is 2. The second kappa shape index (κ2) is 4.95. The van der Waals surface area contributed by atoms with Crippen LogP contribution in [0, 0.1) is 28.6 Å². The van der Waals surface area contributed by atoms with Gasteiger partial charge in [-0.15, -0.1) is 0 Å². The highest BCUT2D eigenvalue weighted by Crippen LogP contribution is 2.64. The van der Waals surface area contributed by atoms with E-state index in [1.165, 1.54) is 6.08 Å². The third kappa shape index (κ3) is 1.87. The fourth-order valence-electron chi connectivity index (χ4n) is 6.44. The summed E-state index contributed by atoms with van der Waals surface area (Å²) in [4.78, 5) is 24.8. The Morgan fingerprint density at radius 3 is 2.48 bits per heavy atom. The molecule has 0 aliphatic heterocycles.